The minimum atomic E-state index is -3.85. The summed E-state index contributed by atoms with van der Waals surface area (Å²) in [5.74, 6) is -0.747. The molecule has 0 spiro atoms. The number of hydrogen-bond acceptors (Lipinski definition) is 7. The molecule has 1 aliphatic carbocycles. The van der Waals surface area contributed by atoms with Crippen molar-refractivity contribution in [2.45, 2.75) is 62.7 Å². The van der Waals surface area contributed by atoms with Gasteiger partial charge in [-0.1, -0.05) is 49.1 Å². The molecule has 1 aromatic heterocycles. The Morgan fingerprint density at radius 3 is 2.15 bits per heavy atom. The Labute approximate surface area is 274 Å². The number of ether oxygens (including phenoxy) is 1. The fraction of sp³-hybridized carbons (Fsp3) is 0.441. The van der Waals surface area contributed by atoms with Crippen molar-refractivity contribution in [3.63, 3.8) is 0 Å². The van der Waals surface area contributed by atoms with Crippen molar-refractivity contribution >= 4 is 50.2 Å². The summed E-state index contributed by atoms with van der Waals surface area (Å²) in [5, 5.41) is 16.3. The van der Waals surface area contributed by atoms with E-state index in [0.29, 0.717) is 46.7 Å². The number of piperidine rings is 1. The number of methoxy groups -OCH3 is 1. The maximum absolute atomic E-state index is 13.3. The number of aromatic nitrogens is 1. The Morgan fingerprint density at radius 2 is 1.57 bits per heavy atom. The lowest BCUT2D eigenvalue weighted by atomic mass is 9.87. The van der Waals surface area contributed by atoms with Gasteiger partial charge in [0.05, 0.1) is 28.1 Å². The van der Waals surface area contributed by atoms with Crippen LogP contribution in [0.3, 0.4) is 0 Å². The highest BCUT2D eigenvalue weighted by Crippen LogP contribution is 2.38. The van der Waals surface area contributed by atoms with Crippen LogP contribution in [0.1, 0.15) is 68.1 Å². The second-order valence-electron chi connectivity index (χ2n) is 11.9. The minimum Gasteiger partial charge on any atom is -0.495 e. The first-order valence-electron chi connectivity index (χ1n) is 15.6. The van der Waals surface area contributed by atoms with Crippen molar-refractivity contribution in [3.05, 3.63) is 71.4 Å². The second-order valence-corrected chi connectivity index (χ2v) is 14.1. The van der Waals surface area contributed by atoms with E-state index in [1.165, 1.54) is 52.0 Å². The van der Waals surface area contributed by atoms with Crippen LogP contribution in [0.5, 0.6) is 5.75 Å². The standard InChI is InChI=1S/C30H37ClN2O4S.C4H4O4/c1-37-30-25-16-19-33(38(35,36)24-10-6-3-7-11-24)29(25)27(31)20-26(30)28(34)13-12-22-14-17-32(18-15-22)21-23-8-4-2-5-9-23;5-3(6)1-2-4(7)8/h3,6-7,10-11,16,19-20,22-23H,2,4-5,8-9,12-15,17-18,21H2,1H3;1-2H,(H,5,6)(H,7,8)/b;2-1+. The molecule has 2 aliphatic rings. The summed E-state index contributed by atoms with van der Waals surface area (Å²) >= 11 is 6.62. The van der Waals surface area contributed by atoms with Crippen LogP contribution >= 0.6 is 11.6 Å². The van der Waals surface area contributed by atoms with Gasteiger partial charge in [0, 0.05) is 36.7 Å². The van der Waals surface area contributed by atoms with E-state index in [4.69, 9.17) is 26.6 Å². The number of carbonyl (C=O) groups is 3. The zero-order valence-electron chi connectivity index (χ0n) is 25.9. The summed E-state index contributed by atoms with van der Waals surface area (Å²) in [7, 11) is -2.35. The number of nitrogens with zero attached hydrogens (tertiary/aromatic N) is 2. The van der Waals surface area contributed by atoms with Crippen LogP contribution in [0.2, 0.25) is 5.02 Å². The highest BCUT2D eigenvalue weighted by Gasteiger charge is 2.27. The van der Waals surface area contributed by atoms with Gasteiger partial charge in [-0.2, -0.15) is 0 Å². The largest absolute Gasteiger partial charge is 0.495 e. The number of ketones is 1. The Balaban J connectivity index is 0.000000533. The molecule has 2 fully saturated rings. The van der Waals surface area contributed by atoms with Gasteiger partial charge >= 0.3 is 11.9 Å². The zero-order valence-corrected chi connectivity index (χ0v) is 27.5. The maximum Gasteiger partial charge on any atom is 0.328 e. The average Bonchev–Trinajstić information content (AvgIpc) is 3.51. The highest BCUT2D eigenvalue weighted by molar-refractivity contribution is 7.90. The molecule has 0 unspecified atom stereocenters. The van der Waals surface area contributed by atoms with Crippen LogP contribution in [0.15, 0.2) is 65.7 Å². The lowest BCUT2D eigenvalue weighted by molar-refractivity contribution is -0.134. The molecule has 10 nitrogen and oxygen atoms in total. The van der Waals surface area contributed by atoms with Gasteiger partial charge in [-0.3, -0.25) is 4.79 Å². The summed E-state index contributed by atoms with van der Waals surface area (Å²) in [4.78, 5) is 35.2. The van der Waals surface area contributed by atoms with E-state index in [1.54, 1.807) is 42.5 Å². The van der Waals surface area contributed by atoms with Crippen molar-refractivity contribution < 1.29 is 37.8 Å². The molecule has 0 amide bonds. The number of benzene rings is 2. The van der Waals surface area contributed by atoms with E-state index in [9.17, 15) is 22.8 Å². The number of carboxylic acids is 2. The average molecular weight is 673 g/mol. The number of carbonyl (C=O) groups excluding carboxylic acids is 1. The zero-order chi connectivity index (χ0) is 33.3. The van der Waals surface area contributed by atoms with Crippen LogP contribution < -0.4 is 4.74 Å². The number of hydrogen-bond donors (Lipinski definition) is 2. The van der Waals surface area contributed by atoms with Crippen LogP contribution in [-0.2, 0) is 19.6 Å². The van der Waals surface area contributed by atoms with E-state index in [0.717, 1.165) is 42.2 Å². The second kappa shape index (κ2) is 16.2. The normalized spacial score (nSPS) is 16.7. The number of rotatable bonds is 11. The first kappa shape index (κ1) is 35.2. The van der Waals surface area contributed by atoms with Gasteiger partial charge in [-0.15, -0.1) is 0 Å². The van der Waals surface area contributed by atoms with Gasteiger partial charge in [-0.05, 0) is 81.3 Å². The molecule has 12 heteroatoms. The SMILES string of the molecule is COc1c(C(=O)CCC2CCN(CC3CCCCC3)CC2)cc(Cl)c2c1ccn2S(=O)(=O)c1ccccc1.O=C(O)/C=C/C(=O)O. The van der Waals surface area contributed by atoms with Crippen LogP contribution in [0.25, 0.3) is 10.9 Å². The molecule has 5 rings (SSSR count). The van der Waals surface area contributed by atoms with Crippen LogP contribution in [-0.4, -0.2) is 72.0 Å². The Morgan fingerprint density at radius 1 is 0.935 bits per heavy atom. The topological polar surface area (TPSA) is 143 Å². The summed E-state index contributed by atoms with van der Waals surface area (Å²) in [6.45, 7) is 3.49. The van der Waals surface area contributed by atoms with E-state index in [-0.39, 0.29) is 15.7 Å². The van der Waals surface area contributed by atoms with Crippen LogP contribution in [0, 0.1) is 11.8 Å². The molecule has 2 aromatic carbocycles. The van der Waals surface area contributed by atoms with E-state index < -0.39 is 22.0 Å². The van der Waals surface area contributed by atoms with Gasteiger partial charge in [0.15, 0.2) is 5.78 Å². The van der Waals surface area contributed by atoms with Gasteiger partial charge in [0.25, 0.3) is 10.0 Å². The number of likely N-dealkylation sites (tertiary alicyclic amines) is 1. The Kier molecular flexibility index (Phi) is 12.4. The minimum absolute atomic E-state index is 0.0195. The maximum atomic E-state index is 13.3. The summed E-state index contributed by atoms with van der Waals surface area (Å²) in [5.41, 5.74) is 0.726. The molecule has 1 saturated heterocycles. The molecule has 0 atom stereocenters. The third-order valence-electron chi connectivity index (χ3n) is 8.74. The first-order valence-corrected chi connectivity index (χ1v) is 17.4. The molecule has 3 aromatic rings. The predicted octanol–water partition coefficient (Wildman–Crippen LogP) is 6.51. The molecule has 1 saturated carbocycles. The van der Waals surface area contributed by atoms with Crippen LogP contribution in [0.4, 0.5) is 0 Å². The summed E-state index contributed by atoms with van der Waals surface area (Å²) < 4.78 is 33.4. The third kappa shape index (κ3) is 8.98. The summed E-state index contributed by atoms with van der Waals surface area (Å²) in [6, 6.07) is 11.4. The number of aliphatic carboxylic acids is 2. The smallest absolute Gasteiger partial charge is 0.328 e. The number of carboxylic acid groups (broad SMARTS) is 2. The highest BCUT2D eigenvalue weighted by atomic mass is 35.5. The van der Waals surface area contributed by atoms with E-state index in [2.05, 4.69) is 4.90 Å². The number of fused-ring (bicyclic) bond motifs is 1. The van der Waals surface area contributed by atoms with Crippen molar-refractivity contribution in [2.24, 2.45) is 11.8 Å². The Bertz CT molecular complexity index is 1640. The fourth-order valence-corrected chi connectivity index (χ4v) is 8.11. The molecule has 248 valence electrons. The molecule has 0 bridgehead atoms. The molecule has 1 aliphatic heterocycles. The molecule has 0 radical (unpaired) electrons. The number of halogens is 1. The lowest BCUT2D eigenvalue weighted by Crippen LogP contribution is -2.37. The van der Waals surface area contributed by atoms with Crippen molar-refractivity contribution in [1.29, 1.82) is 0 Å². The molecular formula is C34H41ClN2O8S. The van der Waals surface area contributed by atoms with Crippen molar-refractivity contribution in [1.82, 2.24) is 8.87 Å². The van der Waals surface area contributed by atoms with Crippen molar-refractivity contribution in [2.75, 3.05) is 26.7 Å². The lowest BCUT2D eigenvalue weighted by Gasteiger charge is -2.35. The molecular weight excluding hydrogens is 632 g/mol. The third-order valence-corrected chi connectivity index (χ3v) is 10.7. The van der Waals surface area contributed by atoms with Gasteiger partial charge < -0.3 is 19.8 Å². The Hall–Kier alpha value is -3.67. The van der Waals surface area contributed by atoms with Gasteiger partial charge in [0.2, 0.25) is 0 Å². The number of Topliss-reactive ketones (excluding diaryl/α,β-unsaturated/α-hetero) is 1. The van der Waals surface area contributed by atoms with E-state index >= 15 is 0 Å². The summed E-state index contributed by atoms with van der Waals surface area (Å²) in [6.07, 6.45) is 13.1. The van der Waals surface area contributed by atoms with Crippen molar-refractivity contribution in [3.8, 4) is 5.75 Å². The van der Waals surface area contributed by atoms with Gasteiger partial charge in [-0.25, -0.2) is 22.0 Å². The quantitative estimate of drug-likeness (QED) is 0.172. The first-order chi connectivity index (χ1) is 22.0. The molecule has 2 N–H and O–H groups in total. The molecule has 2 heterocycles. The predicted molar refractivity (Wildman–Crippen MR) is 176 cm³/mol. The monoisotopic (exact) mass is 672 g/mol. The fourth-order valence-electron chi connectivity index (χ4n) is 6.38. The van der Waals surface area contributed by atoms with Gasteiger partial charge in [0.1, 0.15) is 5.75 Å². The van der Waals surface area contributed by atoms with E-state index in [1.807, 2.05) is 0 Å². The molecule has 46 heavy (non-hydrogen) atoms.